The molecule has 0 spiro atoms. The van der Waals surface area contributed by atoms with Gasteiger partial charge in [0, 0.05) is 10.6 Å². The monoisotopic (exact) mass is 264 g/mol. The van der Waals surface area contributed by atoms with Crippen LogP contribution in [0.3, 0.4) is 0 Å². The molecule has 0 aliphatic heterocycles. The van der Waals surface area contributed by atoms with Gasteiger partial charge in [-0.05, 0) is 29.4 Å². The second-order valence-corrected chi connectivity index (χ2v) is 6.75. The van der Waals surface area contributed by atoms with Crippen molar-refractivity contribution in [2.75, 3.05) is 0 Å². The summed E-state index contributed by atoms with van der Waals surface area (Å²) in [5.74, 6) is 0.593. The molecule has 0 aliphatic carbocycles. The Bertz CT molecular complexity index is 562. The molecule has 1 aromatic heterocycles. The van der Waals surface area contributed by atoms with Crippen molar-refractivity contribution in [2.24, 2.45) is 5.92 Å². The Balaban J connectivity index is 2.72. The molecule has 2 nitrogen and oxygen atoms in total. The first-order valence-corrected chi connectivity index (χ1v) is 6.83. The third-order valence-corrected chi connectivity index (χ3v) is 3.54. The highest BCUT2D eigenvalue weighted by atomic mass is 35.5. The molecule has 0 atom stereocenters. The number of nitrogens with zero attached hydrogens (tertiary/aromatic N) is 1. The minimum Gasteiger partial charge on any atom is -0.345 e. The molecular formula is C15H21ClN2. The van der Waals surface area contributed by atoms with Gasteiger partial charge >= 0.3 is 0 Å². The fourth-order valence-electron chi connectivity index (χ4n) is 2.39. The molecule has 3 heteroatoms. The number of H-pyrrole nitrogens is 1. The molecule has 0 fully saturated rings. The lowest BCUT2D eigenvalue weighted by molar-refractivity contribution is 0.591. The van der Waals surface area contributed by atoms with Crippen molar-refractivity contribution in [1.82, 2.24) is 9.97 Å². The number of hydrogen-bond donors (Lipinski definition) is 1. The largest absolute Gasteiger partial charge is 0.345 e. The molecule has 98 valence electrons. The summed E-state index contributed by atoms with van der Waals surface area (Å²) in [5.41, 5.74) is 4.45. The van der Waals surface area contributed by atoms with Crippen molar-refractivity contribution in [3.8, 4) is 0 Å². The highest BCUT2D eigenvalue weighted by Crippen LogP contribution is 2.37. The lowest BCUT2D eigenvalue weighted by Crippen LogP contribution is -2.14. The first-order valence-electron chi connectivity index (χ1n) is 6.45. The van der Waals surface area contributed by atoms with Crippen molar-refractivity contribution in [3.05, 3.63) is 28.5 Å². The maximum atomic E-state index is 6.62. The molecule has 0 amide bonds. The normalized spacial score (nSPS) is 12.6. The molecule has 0 saturated carbocycles. The first-order chi connectivity index (χ1) is 8.30. The predicted octanol–water partition coefficient (Wildman–Crippen LogP) is 4.71. The minimum atomic E-state index is -0.00246. The molecule has 1 heterocycles. The number of hydrogen-bond acceptors (Lipinski definition) is 1. The lowest BCUT2D eigenvalue weighted by atomic mass is 9.84. The van der Waals surface area contributed by atoms with Gasteiger partial charge in [0.25, 0.3) is 0 Å². The van der Waals surface area contributed by atoms with Crippen LogP contribution in [-0.4, -0.2) is 9.97 Å². The summed E-state index contributed by atoms with van der Waals surface area (Å²) in [6.45, 7) is 11.0. The van der Waals surface area contributed by atoms with Crippen LogP contribution in [0.5, 0.6) is 0 Å². The van der Waals surface area contributed by atoms with Crippen LogP contribution < -0.4 is 0 Å². The third-order valence-electron chi connectivity index (χ3n) is 3.10. The van der Waals surface area contributed by atoms with Crippen LogP contribution in [0.1, 0.15) is 45.7 Å². The molecule has 2 rings (SSSR count). The molecule has 18 heavy (non-hydrogen) atoms. The van der Waals surface area contributed by atoms with Crippen LogP contribution >= 0.6 is 11.6 Å². The van der Waals surface area contributed by atoms with E-state index < -0.39 is 0 Å². The van der Waals surface area contributed by atoms with Gasteiger partial charge < -0.3 is 4.98 Å². The van der Waals surface area contributed by atoms with E-state index in [0.717, 1.165) is 28.0 Å². The minimum absolute atomic E-state index is 0.00246. The van der Waals surface area contributed by atoms with Gasteiger partial charge in [0.1, 0.15) is 0 Å². The average molecular weight is 265 g/mol. The van der Waals surface area contributed by atoms with Gasteiger partial charge in [-0.2, -0.15) is 0 Å². The van der Waals surface area contributed by atoms with E-state index >= 15 is 0 Å². The van der Waals surface area contributed by atoms with Gasteiger partial charge in [0.05, 0.1) is 17.4 Å². The van der Waals surface area contributed by atoms with Crippen molar-refractivity contribution >= 4 is 22.6 Å². The number of aromatic amines is 1. The van der Waals surface area contributed by atoms with Gasteiger partial charge in [0.15, 0.2) is 0 Å². The summed E-state index contributed by atoms with van der Waals surface area (Å²) in [5, 5.41) is 0.885. The van der Waals surface area contributed by atoms with Gasteiger partial charge in [0.2, 0.25) is 0 Å². The van der Waals surface area contributed by atoms with Crippen molar-refractivity contribution in [1.29, 1.82) is 0 Å². The molecule has 2 aromatic rings. The molecule has 1 aromatic carbocycles. The summed E-state index contributed by atoms with van der Waals surface area (Å²) in [7, 11) is 0. The fourth-order valence-corrected chi connectivity index (χ4v) is 2.89. The summed E-state index contributed by atoms with van der Waals surface area (Å²) in [6, 6.07) is 2.14. The number of rotatable bonds is 2. The topological polar surface area (TPSA) is 28.7 Å². The standard InChI is InChI=1S/C15H21ClN2/c1-9(2)6-10-7-11-14(18-8-17-11)12(13(10)16)15(3,4)5/h7-9H,6H2,1-5H3,(H,17,18). The van der Waals surface area contributed by atoms with Crippen molar-refractivity contribution < 1.29 is 0 Å². The van der Waals surface area contributed by atoms with Crippen LogP contribution in [0.15, 0.2) is 12.4 Å². The Morgan fingerprint density at radius 3 is 2.56 bits per heavy atom. The Morgan fingerprint density at radius 1 is 1.33 bits per heavy atom. The van der Waals surface area contributed by atoms with Gasteiger partial charge in [-0.3, -0.25) is 0 Å². The predicted molar refractivity (Wildman–Crippen MR) is 78.3 cm³/mol. The summed E-state index contributed by atoms with van der Waals surface area (Å²) in [6.07, 6.45) is 2.74. The molecule has 0 radical (unpaired) electrons. The number of benzene rings is 1. The Kier molecular flexibility index (Phi) is 3.41. The number of aromatic nitrogens is 2. The van der Waals surface area contributed by atoms with E-state index in [2.05, 4.69) is 50.7 Å². The van der Waals surface area contributed by atoms with E-state index in [1.54, 1.807) is 6.33 Å². The van der Waals surface area contributed by atoms with Crippen LogP contribution in [0.25, 0.3) is 11.0 Å². The van der Waals surface area contributed by atoms with Crippen LogP contribution in [-0.2, 0) is 11.8 Å². The Hall–Kier alpha value is -1.02. The zero-order chi connectivity index (χ0) is 13.5. The molecular weight excluding hydrogens is 244 g/mol. The van der Waals surface area contributed by atoms with Gasteiger partial charge in [-0.15, -0.1) is 0 Å². The van der Waals surface area contributed by atoms with E-state index in [-0.39, 0.29) is 5.41 Å². The number of halogens is 1. The average Bonchev–Trinajstić information content (AvgIpc) is 2.62. The maximum absolute atomic E-state index is 6.62. The zero-order valence-corrected chi connectivity index (χ0v) is 12.5. The molecule has 0 unspecified atom stereocenters. The zero-order valence-electron chi connectivity index (χ0n) is 11.8. The van der Waals surface area contributed by atoms with E-state index in [4.69, 9.17) is 11.6 Å². The Morgan fingerprint density at radius 2 is 2.00 bits per heavy atom. The third kappa shape index (κ3) is 2.39. The second kappa shape index (κ2) is 4.58. The Labute approximate surface area is 114 Å². The number of fused-ring (bicyclic) bond motifs is 1. The SMILES string of the molecule is CC(C)Cc1cc2[nH]cnc2c(C(C)(C)C)c1Cl. The van der Waals surface area contributed by atoms with E-state index in [9.17, 15) is 0 Å². The molecule has 0 saturated heterocycles. The maximum Gasteiger partial charge on any atom is 0.0934 e. The van der Waals surface area contributed by atoms with E-state index in [1.807, 2.05) is 0 Å². The number of nitrogens with one attached hydrogen (secondary N) is 1. The highest BCUT2D eigenvalue weighted by molar-refractivity contribution is 6.33. The quantitative estimate of drug-likeness (QED) is 0.836. The van der Waals surface area contributed by atoms with E-state index in [1.165, 1.54) is 5.56 Å². The summed E-state index contributed by atoms with van der Waals surface area (Å²) >= 11 is 6.62. The van der Waals surface area contributed by atoms with Gasteiger partial charge in [-0.25, -0.2) is 4.98 Å². The summed E-state index contributed by atoms with van der Waals surface area (Å²) in [4.78, 5) is 7.63. The first kappa shape index (κ1) is 13.4. The van der Waals surface area contributed by atoms with Crippen LogP contribution in [0.4, 0.5) is 0 Å². The van der Waals surface area contributed by atoms with E-state index in [0.29, 0.717) is 5.92 Å². The van der Waals surface area contributed by atoms with Gasteiger partial charge in [-0.1, -0.05) is 46.2 Å². The highest BCUT2D eigenvalue weighted by Gasteiger charge is 2.24. The smallest absolute Gasteiger partial charge is 0.0934 e. The second-order valence-electron chi connectivity index (χ2n) is 6.37. The van der Waals surface area contributed by atoms with Crippen LogP contribution in [0, 0.1) is 5.92 Å². The lowest BCUT2D eigenvalue weighted by Gasteiger charge is -2.23. The molecule has 1 N–H and O–H groups in total. The van der Waals surface area contributed by atoms with Crippen molar-refractivity contribution in [3.63, 3.8) is 0 Å². The van der Waals surface area contributed by atoms with Crippen molar-refractivity contribution in [2.45, 2.75) is 46.5 Å². The molecule has 0 bridgehead atoms. The fraction of sp³-hybridized carbons (Fsp3) is 0.533. The van der Waals surface area contributed by atoms with Crippen LogP contribution in [0.2, 0.25) is 5.02 Å². The number of imidazole rings is 1. The molecule has 0 aliphatic rings. The summed E-state index contributed by atoms with van der Waals surface area (Å²) < 4.78 is 0.